The van der Waals surface area contributed by atoms with Gasteiger partial charge in [-0.3, -0.25) is 14.7 Å². The molecule has 0 aliphatic carbocycles. The Morgan fingerprint density at radius 1 is 1.03 bits per heavy atom. The van der Waals surface area contributed by atoms with Crippen molar-refractivity contribution in [1.29, 1.82) is 0 Å². The molecule has 1 saturated heterocycles. The van der Waals surface area contributed by atoms with E-state index < -0.39 is 0 Å². The highest BCUT2D eigenvalue weighted by atomic mass is 16.5. The second kappa shape index (κ2) is 11.1. The first-order chi connectivity index (χ1) is 16.0. The van der Waals surface area contributed by atoms with E-state index in [1.54, 1.807) is 24.5 Å². The van der Waals surface area contributed by atoms with Gasteiger partial charge in [-0.25, -0.2) is 0 Å². The molecule has 172 valence electrons. The Balaban J connectivity index is 1.27. The van der Waals surface area contributed by atoms with Crippen LogP contribution < -0.4 is 10.1 Å². The maximum Gasteiger partial charge on any atom is 0.251 e. The summed E-state index contributed by atoms with van der Waals surface area (Å²) in [6.45, 7) is 7.95. The molecular weight excluding hydrogens is 414 g/mol. The third-order valence-corrected chi connectivity index (χ3v) is 5.60. The van der Waals surface area contributed by atoms with Gasteiger partial charge in [-0.05, 0) is 49.2 Å². The van der Waals surface area contributed by atoms with Gasteiger partial charge in [0.2, 0.25) is 0 Å². The summed E-state index contributed by atoms with van der Waals surface area (Å²) in [5.41, 5.74) is 3.89. The maximum absolute atomic E-state index is 12.6. The number of aromatic nitrogens is 1. The van der Waals surface area contributed by atoms with E-state index in [1.165, 1.54) is 5.56 Å². The number of hydrogen-bond donors (Lipinski definition) is 1. The van der Waals surface area contributed by atoms with Crippen molar-refractivity contribution in [2.45, 2.75) is 45.8 Å². The van der Waals surface area contributed by atoms with Crippen molar-refractivity contribution in [3.63, 3.8) is 0 Å². The van der Waals surface area contributed by atoms with Crippen LogP contribution in [0.2, 0.25) is 0 Å². The van der Waals surface area contributed by atoms with E-state index in [-0.39, 0.29) is 18.1 Å². The van der Waals surface area contributed by atoms with Crippen LogP contribution in [0.15, 0.2) is 73.1 Å². The molecule has 3 aromatic rings. The van der Waals surface area contributed by atoms with Gasteiger partial charge in [-0.1, -0.05) is 36.4 Å². The predicted molar refractivity (Wildman–Crippen MR) is 128 cm³/mol. The lowest BCUT2D eigenvalue weighted by atomic mass is 10.1. The highest BCUT2D eigenvalue weighted by Gasteiger charge is 2.21. The van der Waals surface area contributed by atoms with Crippen LogP contribution in [0.3, 0.4) is 0 Å². The SMILES string of the molecule is CC1CN(Cc2ccc(CNC(=O)c3cccc(OCc4cccnc4)c3)cc2)CC(C)O1. The monoisotopic (exact) mass is 445 g/mol. The molecule has 1 N–H and O–H groups in total. The van der Waals surface area contributed by atoms with Gasteiger partial charge in [0.1, 0.15) is 12.4 Å². The average molecular weight is 446 g/mol. The lowest BCUT2D eigenvalue weighted by Gasteiger charge is -2.35. The zero-order valence-corrected chi connectivity index (χ0v) is 19.2. The molecule has 0 radical (unpaired) electrons. The maximum atomic E-state index is 12.6. The number of nitrogens with zero attached hydrogens (tertiary/aromatic N) is 2. The van der Waals surface area contributed by atoms with Gasteiger partial charge in [0, 0.05) is 49.7 Å². The smallest absolute Gasteiger partial charge is 0.251 e. The molecule has 1 fully saturated rings. The molecule has 0 bridgehead atoms. The molecule has 6 heteroatoms. The second-order valence-corrected chi connectivity index (χ2v) is 8.63. The lowest BCUT2D eigenvalue weighted by Crippen LogP contribution is -2.44. The van der Waals surface area contributed by atoms with Crippen LogP contribution >= 0.6 is 0 Å². The van der Waals surface area contributed by atoms with Crippen LogP contribution in [0.25, 0.3) is 0 Å². The van der Waals surface area contributed by atoms with Crippen LogP contribution in [-0.4, -0.2) is 41.1 Å². The minimum atomic E-state index is -0.123. The standard InChI is InChI=1S/C27H31N3O3/c1-20-16-30(17-21(2)33-20)18-23-10-8-22(9-11-23)15-29-27(31)25-6-3-7-26(13-25)32-19-24-5-4-12-28-14-24/h3-14,20-21H,15-19H2,1-2H3,(H,29,31). The summed E-state index contributed by atoms with van der Waals surface area (Å²) >= 11 is 0. The number of rotatable bonds is 8. The van der Waals surface area contributed by atoms with Gasteiger partial charge in [-0.2, -0.15) is 0 Å². The van der Waals surface area contributed by atoms with Gasteiger partial charge in [0.25, 0.3) is 5.91 Å². The number of carbonyl (C=O) groups excluding carboxylic acids is 1. The normalized spacial score (nSPS) is 18.6. The topological polar surface area (TPSA) is 63.7 Å². The van der Waals surface area contributed by atoms with Gasteiger partial charge < -0.3 is 14.8 Å². The van der Waals surface area contributed by atoms with Crippen LogP contribution in [0, 0.1) is 0 Å². The number of morpholine rings is 1. The predicted octanol–water partition coefficient (Wildman–Crippen LogP) is 4.20. The average Bonchev–Trinajstić information content (AvgIpc) is 2.82. The molecule has 0 spiro atoms. The molecule has 2 heterocycles. The summed E-state index contributed by atoms with van der Waals surface area (Å²) in [5.74, 6) is 0.532. The van der Waals surface area contributed by atoms with Crippen molar-refractivity contribution in [2.75, 3.05) is 13.1 Å². The number of benzene rings is 2. The molecule has 1 aromatic heterocycles. The van der Waals surface area contributed by atoms with Crippen molar-refractivity contribution in [3.05, 3.63) is 95.3 Å². The molecule has 2 unspecified atom stereocenters. The first-order valence-electron chi connectivity index (χ1n) is 11.4. The molecule has 1 amide bonds. The number of ether oxygens (including phenoxy) is 2. The van der Waals surface area contributed by atoms with Crippen molar-refractivity contribution >= 4 is 5.91 Å². The Hall–Kier alpha value is -3.22. The van der Waals surface area contributed by atoms with E-state index in [2.05, 4.69) is 53.3 Å². The molecular formula is C27H31N3O3. The van der Waals surface area contributed by atoms with E-state index in [9.17, 15) is 4.79 Å². The highest BCUT2D eigenvalue weighted by molar-refractivity contribution is 5.94. The fraction of sp³-hybridized carbons (Fsp3) is 0.333. The first-order valence-corrected chi connectivity index (χ1v) is 11.4. The Kier molecular flexibility index (Phi) is 7.70. The molecule has 6 nitrogen and oxygen atoms in total. The first kappa shape index (κ1) is 23.0. The Morgan fingerprint density at radius 2 is 1.79 bits per heavy atom. The van der Waals surface area contributed by atoms with Crippen molar-refractivity contribution < 1.29 is 14.3 Å². The fourth-order valence-corrected chi connectivity index (χ4v) is 4.10. The molecule has 1 aliphatic heterocycles. The molecule has 33 heavy (non-hydrogen) atoms. The van der Waals surface area contributed by atoms with Gasteiger partial charge in [0.05, 0.1) is 12.2 Å². The molecule has 2 aromatic carbocycles. The number of hydrogen-bond acceptors (Lipinski definition) is 5. The van der Waals surface area contributed by atoms with Crippen molar-refractivity contribution in [3.8, 4) is 5.75 Å². The quantitative estimate of drug-likeness (QED) is 0.563. The van der Waals surface area contributed by atoms with Crippen LogP contribution in [0.1, 0.15) is 40.9 Å². The molecule has 1 aliphatic rings. The lowest BCUT2D eigenvalue weighted by molar-refractivity contribution is -0.0704. The Bertz CT molecular complexity index is 1030. The summed E-state index contributed by atoms with van der Waals surface area (Å²) in [6, 6.07) is 19.5. The highest BCUT2D eigenvalue weighted by Crippen LogP contribution is 2.17. The summed E-state index contributed by atoms with van der Waals surface area (Å²) in [4.78, 5) is 19.2. The summed E-state index contributed by atoms with van der Waals surface area (Å²) in [5, 5.41) is 3.00. The van der Waals surface area contributed by atoms with E-state index in [1.807, 2.05) is 24.3 Å². The number of amides is 1. The fourth-order valence-electron chi connectivity index (χ4n) is 4.10. The number of carbonyl (C=O) groups is 1. The largest absolute Gasteiger partial charge is 0.489 e. The van der Waals surface area contributed by atoms with E-state index >= 15 is 0 Å². The summed E-state index contributed by atoms with van der Waals surface area (Å²) in [7, 11) is 0. The van der Waals surface area contributed by atoms with Crippen molar-refractivity contribution in [1.82, 2.24) is 15.2 Å². The summed E-state index contributed by atoms with van der Waals surface area (Å²) < 4.78 is 11.6. The third-order valence-electron chi connectivity index (χ3n) is 5.60. The zero-order chi connectivity index (χ0) is 23.0. The van der Waals surface area contributed by atoms with Gasteiger partial charge in [-0.15, -0.1) is 0 Å². The van der Waals surface area contributed by atoms with Crippen molar-refractivity contribution in [2.24, 2.45) is 0 Å². The van der Waals surface area contributed by atoms with E-state index in [4.69, 9.17) is 9.47 Å². The Morgan fingerprint density at radius 3 is 2.52 bits per heavy atom. The molecule has 2 atom stereocenters. The molecule has 4 rings (SSSR count). The minimum absolute atomic E-state index is 0.123. The van der Waals surface area contributed by atoms with E-state index in [0.29, 0.717) is 24.5 Å². The zero-order valence-electron chi connectivity index (χ0n) is 19.2. The molecule has 0 saturated carbocycles. The van der Waals surface area contributed by atoms with E-state index in [0.717, 1.165) is 30.8 Å². The second-order valence-electron chi connectivity index (χ2n) is 8.63. The Labute approximate surface area is 195 Å². The van der Waals surface area contributed by atoms with Gasteiger partial charge in [0.15, 0.2) is 0 Å². The third kappa shape index (κ3) is 6.88. The van der Waals surface area contributed by atoms with Gasteiger partial charge >= 0.3 is 0 Å². The minimum Gasteiger partial charge on any atom is -0.489 e. The van der Waals surface area contributed by atoms with Crippen LogP contribution in [0.5, 0.6) is 5.75 Å². The number of pyridine rings is 1. The summed E-state index contributed by atoms with van der Waals surface area (Å²) in [6.07, 6.45) is 4.03. The van der Waals surface area contributed by atoms with Crippen LogP contribution in [0.4, 0.5) is 0 Å². The number of nitrogens with one attached hydrogen (secondary N) is 1. The van der Waals surface area contributed by atoms with Crippen LogP contribution in [-0.2, 0) is 24.4 Å².